The molecule has 7 nitrogen and oxygen atoms in total. The highest BCUT2D eigenvalue weighted by Crippen LogP contribution is 2.39. The van der Waals surface area contributed by atoms with E-state index in [1.165, 1.54) is 11.8 Å². The quantitative estimate of drug-likeness (QED) is 0.618. The number of anilines is 1. The molecule has 0 aromatic heterocycles. The first-order valence-electron chi connectivity index (χ1n) is 9.83. The van der Waals surface area contributed by atoms with Gasteiger partial charge < -0.3 is 25.4 Å². The maximum atomic E-state index is 13.1. The molecule has 0 bridgehead atoms. The number of hydrogen-bond acceptors (Lipinski definition) is 5. The Kier molecular flexibility index (Phi) is 7.46. The van der Waals surface area contributed by atoms with Crippen molar-refractivity contribution in [1.82, 2.24) is 4.90 Å². The zero-order valence-electron chi connectivity index (χ0n) is 17.2. The highest BCUT2D eigenvalue weighted by atomic mass is 32.2. The van der Waals surface area contributed by atoms with Gasteiger partial charge in [-0.1, -0.05) is 12.1 Å². The van der Waals surface area contributed by atoms with Gasteiger partial charge >= 0.3 is 6.03 Å². The topological polar surface area (TPSA) is 93.9 Å². The van der Waals surface area contributed by atoms with E-state index in [1.807, 2.05) is 47.4 Å². The maximum Gasteiger partial charge on any atom is 0.322 e. The third kappa shape index (κ3) is 5.18. The van der Waals surface area contributed by atoms with Crippen molar-refractivity contribution < 1.29 is 19.1 Å². The zero-order chi connectivity index (χ0) is 21.5. The summed E-state index contributed by atoms with van der Waals surface area (Å²) in [6.07, 6.45) is 2.05. The summed E-state index contributed by atoms with van der Waals surface area (Å²) >= 11 is 1.50. The highest BCUT2D eigenvalue weighted by Gasteiger charge is 2.32. The van der Waals surface area contributed by atoms with Crippen LogP contribution in [0, 0.1) is 0 Å². The first-order valence-corrected chi connectivity index (χ1v) is 10.8. The van der Waals surface area contributed by atoms with Gasteiger partial charge in [0.05, 0.1) is 25.9 Å². The largest absolute Gasteiger partial charge is 0.497 e. The fraction of sp³-hybridized carbons (Fsp3) is 0.364. The molecule has 0 spiro atoms. The van der Waals surface area contributed by atoms with Gasteiger partial charge in [0, 0.05) is 29.2 Å². The molecule has 1 heterocycles. The lowest BCUT2D eigenvalue weighted by atomic mass is 10.0. The van der Waals surface area contributed by atoms with E-state index >= 15 is 0 Å². The minimum Gasteiger partial charge on any atom is -0.497 e. The summed E-state index contributed by atoms with van der Waals surface area (Å²) in [6, 6.07) is 13.0. The number of carbonyl (C=O) groups excluding carboxylic acids is 2. The summed E-state index contributed by atoms with van der Waals surface area (Å²) in [5.41, 5.74) is 6.89. The molecule has 1 fully saturated rings. The molecule has 8 heteroatoms. The molecule has 30 heavy (non-hydrogen) atoms. The van der Waals surface area contributed by atoms with Crippen LogP contribution < -0.4 is 20.5 Å². The van der Waals surface area contributed by atoms with E-state index < -0.39 is 0 Å². The first-order chi connectivity index (χ1) is 14.5. The number of benzene rings is 2. The third-order valence-corrected chi connectivity index (χ3v) is 6.12. The lowest BCUT2D eigenvalue weighted by molar-refractivity contribution is -0.117. The lowest BCUT2D eigenvalue weighted by Crippen LogP contribution is -2.34. The van der Waals surface area contributed by atoms with Crippen LogP contribution in [0.3, 0.4) is 0 Å². The SMILES string of the molecule is COc1ccc(OC)c(C2CCCN2C(=O)Nc2ccccc2SCCC(N)=O)c1. The first kappa shape index (κ1) is 21.8. The Morgan fingerprint density at radius 2 is 2.00 bits per heavy atom. The van der Waals surface area contributed by atoms with Crippen molar-refractivity contribution in [2.24, 2.45) is 5.73 Å². The van der Waals surface area contributed by atoms with Crippen LogP contribution in [-0.2, 0) is 4.79 Å². The van der Waals surface area contributed by atoms with E-state index in [2.05, 4.69) is 5.32 Å². The average Bonchev–Trinajstić information content (AvgIpc) is 3.24. The summed E-state index contributed by atoms with van der Waals surface area (Å²) < 4.78 is 10.9. The third-order valence-electron chi connectivity index (χ3n) is 5.04. The fourth-order valence-electron chi connectivity index (χ4n) is 3.58. The summed E-state index contributed by atoms with van der Waals surface area (Å²) in [5, 5.41) is 3.03. The molecule has 2 aromatic rings. The Bertz CT molecular complexity index is 906. The average molecular weight is 430 g/mol. The molecule has 160 valence electrons. The second-order valence-electron chi connectivity index (χ2n) is 6.95. The summed E-state index contributed by atoms with van der Waals surface area (Å²) in [6.45, 7) is 0.661. The van der Waals surface area contributed by atoms with Gasteiger partial charge in [-0.2, -0.15) is 0 Å². The molecule has 0 saturated carbocycles. The van der Waals surface area contributed by atoms with Gasteiger partial charge in [0.2, 0.25) is 5.91 Å². The van der Waals surface area contributed by atoms with Crippen LogP contribution in [0.1, 0.15) is 30.9 Å². The van der Waals surface area contributed by atoms with Crippen molar-refractivity contribution in [3.63, 3.8) is 0 Å². The van der Waals surface area contributed by atoms with Gasteiger partial charge in [0.1, 0.15) is 11.5 Å². The molecule has 0 radical (unpaired) electrons. The minimum absolute atomic E-state index is 0.0928. The van der Waals surface area contributed by atoms with Crippen LogP contribution in [0.15, 0.2) is 47.4 Å². The Balaban J connectivity index is 1.77. The number of rotatable bonds is 8. The van der Waals surface area contributed by atoms with Crippen LogP contribution in [0.2, 0.25) is 0 Å². The van der Waals surface area contributed by atoms with Crippen LogP contribution in [0.5, 0.6) is 11.5 Å². The molecular formula is C22H27N3O4S. The molecule has 2 aromatic carbocycles. The molecule has 3 amide bonds. The van der Waals surface area contributed by atoms with Crippen molar-refractivity contribution in [2.75, 3.05) is 31.8 Å². The van der Waals surface area contributed by atoms with Gasteiger partial charge in [-0.05, 0) is 43.2 Å². The van der Waals surface area contributed by atoms with Crippen LogP contribution in [0.25, 0.3) is 0 Å². The fourth-order valence-corrected chi connectivity index (χ4v) is 4.55. The number of para-hydroxylation sites is 1. The number of amides is 3. The second-order valence-corrected chi connectivity index (χ2v) is 8.09. The predicted molar refractivity (Wildman–Crippen MR) is 118 cm³/mol. The van der Waals surface area contributed by atoms with Crippen LogP contribution >= 0.6 is 11.8 Å². The summed E-state index contributed by atoms with van der Waals surface area (Å²) in [7, 11) is 3.25. The van der Waals surface area contributed by atoms with Crippen molar-refractivity contribution in [2.45, 2.75) is 30.2 Å². The summed E-state index contributed by atoms with van der Waals surface area (Å²) in [4.78, 5) is 26.9. The van der Waals surface area contributed by atoms with Crippen molar-refractivity contribution in [1.29, 1.82) is 0 Å². The highest BCUT2D eigenvalue weighted by molar-refractivity contribution is 7.99. The molecule has 1 aliphatic rings. The van der Waals surface area contributed by atoms with Gasteiger partial charge in [-0.3, -0.25) is 4.79 Å². The molecule has 1 atom stereocenters. The molecule has 1 aliphatic heterocycles. The van der Waals surface area contributed by atoms with E-state index in [0.717, 1.165) is 40.5 Å². The number of hydrogen-bond donors (Lipinski definition) is 2. The number of methoxy groups -OCH3 is 2. The zero-order valence-corrected chi connectivity index (χ0v) is 18.0. The minimum atomic E-state index is -0.337. The smallest absolute Gasteiger partial charge is 0.322 e. The van der Waals surface area contributed by atoms with E-state index in [4.69, 9.17) is 15.2 Å². The number of nitrogens with zero attached hydrogens (tertiary/aromatic N) is 1. The van der Waals surface area contributed by atoms with Crippen molar-refractivity contribution in [3.05, 3.63) is 48.0 Å². The van der Waals surface area contributed by atoms with Crippen molar-refractivity contribution in [3.8, 4) is 11.5 Å². The van der Waals surface area contributed by atoms with E-state index in [0.29, 0.717) is 12.3 Å². The predicted octanol–water partition coefficient (Wildman–Crippen LogP) is 4.04. The maximum absolute atomic E-state index is 13.1. The van der Waals surface area contributed by atoms with E-state index in [-0.39, 0.29) is 24.4 Å². The van der Waals surface area contributed by atoms with Gasteiger partial charge in [-0.15, -0.1) is 11.8 Å². The molecule has 0 aliphatic carbocycles. The van der Waals surface area contributed by atoms with Crippen LogP contribution in [0.4, 0.5) is 10.5 Å². The van der Waals surface area contributed by atoms with Gasteiger partial charge in [-0.25, -0.2) is 4.79 Å². The second kappa shape index (κ2) is 10.2. The lowest BCUT2D eigenvalue weighted by Gasteiger charge is -2.27. The van der Waals surface area contributed by atoms with Crippen LogP contribution in [-0.4, -0.2) is 43.4 Å². The number of nitrogens with two attached hydrogens (primary N) is 1. The van der Waals surface area contributed by atoms with Gasteiger partial charge in [0.25, 0.3) is 0 Å². The number of carbonyl (C=O) groups is 2. The molecule has 1 saturated heterocycles. The number of primary amides is 1. The summed E-state index contributed by atoms with van der Waals surface area (Å²) in [5.74, 6) is 1.70. The molecular weight excluding hydrogens is 402 g/mol. The van der Waals surface area contributed by atoms with E-state index in [9.17, 15) is 9.59 Å². The number of thioether (sulfide) groups is 1. The van der Waals surface area contributed by atoms with Gasteiger partial charge in [0.15, 0.2) is 0 Å². The normalized spacial score (nSPS) is 15.7. The van der Waals surface area contributed by atoms with Crippen molar-refractivity contribution >= 4 is 29.4 Å². The number of likely N-dealkylation sites (tertiary alicyclic amines) is 1. The Morgan fingerprint density at radius 1 is 1.20 bits per heavy atom. The molecule has 1 unspecified atom stereocenters. The van der Waals surface area contributed by atoms with E-state index in [1.54, 1.807) is 14.2 Å². The number of urea groups is 1. The Hall–Kier alpha value is -2.87. The monoisotopic (exact) mass is 429 g/mol. The number of ether oxygens (including phenoxy) is 2. The standard InChI is InChI=1S/C22H27N3O4S/c1-28-15-9-10-19(29-2)16(14-15)18-7-5-12-25(18)22(27)24-17-6-3-4-8-20(17)30-13-11-21(23)26/h3-4,6,8-10,14,18H,5,7,11-13H2,1-2H3,(H2,23,26)(H,24,27). The molecule has 3 N–H and O–H groups in total. The Morgan fingerprint density at radius 3 is 2.73 bits per heavy atom. The molecule has 3 rings (SSSR count). The number of nitrogens with one attached hydrogen (secondary N) is 1. The Labute approximate surface area is 180 Å².